The summed E-state index contributed by atoms with van der Waals surface area (Å²) in [5.41, 5.74) is 6.62. The van der Waals surface area contributed by atoms with Crippen molar-refractivity contribution in [2.75, 3.05) is 13.1 Å². The Hall–Kier alpha value is -1.29. The van der Waals surface area contributed by atoms with E-state index in [-0.39, 0.29) is 11.8 Å². The first-order chi connectivity index (χ1) is 7.27. The molecular formula is C11H19N3O. The van der Waals surface area contributed by atoms with Crippen molar-refractivity contribution in [1.82, 2.24) is 10.3 Å². The molecule has 0 aliphatic rings. The second-order valence-corrected chi connectivity index (χ2v) is 3.58. The lowest BCUT2D eigenvalue weighted by atomic mass is 10.1. The van der Waals surface area contributed by atoms with Gasteiger partial charge < -0.3 is 16.0 Å². The lowest BCUT2D eigenvalue weighted by Crippen LogP contribution is -2.35. The highest BCUT2D eigenvalue weighted by Crippen LogP contribution is 2.00. The lowest BCUT2D eigenvalue weighted by Gasteiger charge is -2.12. The van der Waals surface area contributed by atoms with Gasteiger partial charge in [-0.1, -0.05) is 6.92 Å². The van der Waals surface area contributed by atoms with Crippen LogP contribution in [0.3, 0.4) is 0 Å². The molecule has 0 spiro atoms. The van der Waals surface area contributed by atoms with Gasteiger partial charge in [0.05, 0.1) is 0 Å². The van der Waals surface area contributed by atoms with Crippen LogP contribution < -0.4 is 11.1 Å². The van der Waals surface area contributed by atoms with E-state index in [4.69, 9.17) is 5.73 Å². The molecule has 84 valence electrons. The summed E-state index contributed by atoms with van der Waals surface area (Å²) in [7, 11) is 0. The Morgan fingerprint density at radius 1 is 1.67 bits per heavy atom. The molecule has 4 nitrogen and oxygen atoms in total. The zero-order valence-corrected chi connectivity index (χ0v) is 9.12. The van der Waals surface area contributed by atoms with Crippen LogP contribution in [0.1, 0.15) is 19.0 Å². The van der Waals surface area contributed by atoms with Crippen molar-refractivity contribution in [1.29, 1.82) is 0 Å². The Labute approximate surface area is 90.2 Å². The van der Waals surface area contributed by atoms with Gasteiger partial charge in [-0.2, -0.15) is 0 Å². The summed E-state index contributed by atoms with van der Waals surface area (Å²) >= 11 is 0. The molecule has 1 amide bonds. The first-order valence-electron chi connectivity index (χ1n) is 5.38. The van der Waals surface area contributed by atoms with Gasteiger partial charge in [0.1, 0.15) is 0 Å². The molecule has 1 aromatic rings. The average Bonchev–Trinajstić information content (AvgIpc) is 2.72. The molecule has 4 heteroatoms. The lowest BCUT2D eigenvalue weighted by molar-refractivity contribution is -0.124. The van der Waals surface area contributed by atoms with Crippen molar-refractivity contribution in [3.8, 4) is 0 Å². The number of nitrogens with one attached hydrogen (secondary N) is 2. The number of hydrogen-bond donors (Lipinski definition) is 3. The zero-order chi connectivity index (χ0) is 11.1. The van der Waals surface area contributed by atoms with Crippen LogP contribution in [0.5, 0.6) is 0 Å². The van der Waals surface area contributed by atoms with E-state index in [1.54, 1.807) is 0 Å². The monoisotopic (exact) mass is 209 g/mol. The molecule has 0 fully saturated rings. The van der Waals surface area contributed by atoms with Crippen molar-refractivity contribution < 1.29 is 4.79 Å². The Morgan fingerprint density at radius 2 is 2.47 bits per heavy atom. The standard InChI is InChI=1S/C11H19N3O/c1-2-9(8-12)11(15)14-7-5-10-4-3-6-13-10/h3-4,6,9,13H,2,5,7-8,12H2,1H3,(H,14,15). The third kappa shape index (κ3) is 3.75. The van der Waals surface area contributed by atoms with Crippen LogP contribution in [-0.4, -0.2) is 24.0 Å². The fourth-order valence-electron chi connectivity index (χ4n) is 1.45. The van der Waals surface area contributed by atoms with Gasteiger partial charge in [-0.25, -0.2) is 0 Å². The largest absolute Gasteiger partial charge is 0.365 e. The van der Waals surface area contributed by atoms with Crippen LogP contribution in [0.15, 0.2) is 18.3 Å². The highest BCUT2D eigenvalue weighted by atomic mass is 16.1. The number of carbonyl (C=O) groups excluding carboxylic acids is 1. The highest BCUT2D eigenvalue weighted by Gasteiger charge is 2.13. The minimum Gasteiger partial charge on any atom is -0.365 e. The summed E-state index contributed by atoms with van der Waals surface area (Å²) in [4.78, 5) is 14.6. The summed E-state index contributed by atoms with van der Waals surface area (Å²) in [6.45, 7) is 3.06. The van der Waals surface area contributed by atoms with Gasteiger partial charge in [0.25, 0.3) is 0 Å². The van der Waals surface area contributed by atoms with Gasteiger partial charge in [-0.15, -0.1) is 0 Å². The van der Waals surface area contributed by atoms with Crippen molar-refractivity contribution in [3.63, 3.8) is 0 Å². The molecular weight excluding hydrogens is 190 g/mol. The zero-order valence-electron chi connectivity index (χ0n) is 9.12. The van der Waals surface area contributed by atoms with Crippen LogP contribution in [0, 0.1) is 5.92 Å². The molecule has 1 atom stereocenters. The first-order valence-corrected chi connectivity index (χ1v) is 5.38. The number of nitrogens with two attached hydrogens (primary N) is 1. The van der Waals surface area contributed by atoms with Gasteiger partial charge in [0.2, 0.25) is 5.91 Å². The molecule has 1 rings (SSSR count). The average molecular weight is 209 g/mol. The molecule has 1 unspecified atom stereocenters. The first kappa shape index (κ1) is 11.8. The smallest absolute Gasteiger partial charge is 0.224 e. The van der Waals surface area contributed by atoms with E-state index in [2.05, 4.69) is 10.3 Å². The maximum absolute atomic E-state index is 11.5. The summed E-state index contributed by atoms with van der Waals surface area (Å²) in [6, 6.07) is 3.96. The normalized spacial score (nSPS) is 12.4. The molecule has 1 aromatic heterocycles. The molecule has 0 aliphatic carbocycles. The number of carbonyl (C=O) groups is 1. The Balaban J connectivity index is 2.22. The van der Waals surface area contributed by atoms with Crippen molar-refractivity contribution in [2.24, 2.45) is 11.7 Å². The van der Waals surface area contributed by atoms with Crippen molar-refractivity contribution >= 4 is 5.91 Å². The number of hydrogen-bond acceptors (Lipinski definition) is 2. The van der Waals surface area contributed by atoms with Crippen LogP contribution >= 0.6 is 0 Å². The highest BCUT2D eigenvalue weighted by molar-refractivity contribution is 5.78. The third-order valence-corrected chi connectivity index (χ3v) is 2.50. The predicted octanol–water partition coefficient (Wildman–Crippen LogP) is 0.658. The number of aromatic amines is 1. The fourth-order valence-corrected chi connectivity index (χ4v) is 1.45. The molecule has 0 radical (unpaired) electrons. The van der Waals surface area contributed by atoms with Crippen LogP contribution in [0.25, 0.3) is 0 Å². The summed E-state index contributed by atoms with van der Waals surface area (Å²) in [5.74, 6) is 0.0141. The topological polar surface area (TPSA) is 70.9 Å². The van der Waals surface area contributed by atoms with E-state index in [9.17, 15) is 4.79 Å². The van der Waals surface area contributed by atoms with Crippen molar-refractivity contribution in [3.05, 3.63) is 24.0 Å². The quantitative estimate of drug-likeness (QED) is 0.644. The molecule has 0 aromatic carbocycles. The minimum atomic E-state index is -0.0476. The van der Waals surface area contributed by atoms with E-state index >= 15 is 0 Å². The minimum absolute atomic E-state index is 0.0476. The number of aromatic nitrogens is 1. The number of H-pyrrole nitrogens is 1. The number of rotatable bonds is 6. The van der Waals surface area contributed by atoms with Crippen LogP contribution in [0.2, 0.25) is 0 Å². The third-order valence-electron chi connectivity index (χ3n) is 2.50. The van der Waals surface area contributed by atoms with Gasteiger partial charge in [-0.05, 0) is 18.6 Å². The molecule has 1 heterocycles. The second-order valence-electron chi connectivity index (χ2n) is 3.58. The molecule has 0 bridgehead atoms. The maximum Gasteiger partial charge on any atom is 0.224 e. The van der Waals surface area contributed by atoms with E-state index in [0.717, 1.165) is 18.5 Å². The Morgan fingerprint density at radius 3 is 3.00 bits per heavy atom. The molecule has 15 heavy (non-hydrogen) atoms. The second kappa shape index (κ2) is 6.24. The molecule has 0 saturated carbocycles. The summed E-state index contributed by atoms with van der Waals surface area (Å²) in [6.07, 6.45) is 3.51. The SMILES string of the molecule is CCC(CN)C(=O)NCCc1ccc[nH]1. The molecule has 0 saturated heterocycles. The maximum atomic E-state index is 11.5. The van der Waals surface area contributed by atoms with Crippen molar-refractivity contribution in [2.45, 2.75) is 19.8 Å². The van der Waals surface area contributed by atoms with E-state index < -0.39 is 0 Å². The molecule has 4 N–H and O–H groups in total. The van der Waals surface area contributed by atoms with Gasteiger partial charge in [-0.3, -0.25) is 4.79 Å². The van der Waals surface area contributed by atoms with E-state index in [0.29, 0.717) is 13.1 Å². The summed E-state index contributed by atoms with van der Waals surface area (Å²) < 4.78 is 0. The molecule has 0 aliphatic heterocycles. The van der Waals surface area contributed by atoms with Gasteiger partial charge in [0.15, 0.2) is 0 Å². The van der Waals surface area contributed by atoms with E-state index in [1.807, 2.05) is 25.3 Å². The number of amides is 1. The Bertz CT molecular complexity index is 278. The van der Waals surface area contributed by atoms with Gasteiger partial charge >= 0.3 is 0 Å². The Kier molecular flexibility index (Phi) is 4.90. The van der Waals surface area contributed by atoms with Crippen LogP contribution in [0.4, 0.5) is 0 Å². The predicted molar refractivity (Wildman–Crippen MR) is 60.3 cm³/mol. The fraction of sp³-hybridized carbons (Fsp3) is 0.545. The summed E-state index contributed by atoms with van der Waals surface area (Å²) in [5, 5.41) is 2.88. The van der Waals surface area contributed by atoms with E-state index in [1.165, 1.54) is 0 Å². The van der Waals surface area contributed by atoms with Gasteiger partial charge in [0, 0.05) is 37.3 Å². The van der Waals surface area contributed by atoms with Crippen LogP contribution in [-0.2, 0) is 11.2 Å².